The third-order valence-corrected chi connectivity index (χ3v) is 4.66. The molecule has 3 nitrogen and oxygen atoms in total. The maximum absolute atomic E-state index is 11.9. The molecule has 0 aliphatic heterocycles. The van der Waals surface area contributed by atoms with Crippen LogP contribution in [0.3, 0.4) is 0 Å². The number of unbranched alkanes of at least 4 members (excludes halogenated alkanes) is 11. The Morgan fingerprint density at radius 2 is 1.12 bits per heavy atom. The summed E-state index contributed by atoms with van der Waals surface area (Å²) >= 11 is 0. The first kappa shape index (κ1) is 29.5. The number of rotatable bonds is 16. The first-order valence-electron chi connectivity index (χ1n) is 10.2. The highest BCUT2D eigenvalue weighted by molar-refractivity contribution is 5.75. The molecular weight excluding hydrogens is 334 g/mol. The zero-order valence-electron chi connectivity index (χ0n) is 17.8. The molecule has 0 atom stereocenters. The van der Waals surface area contributed by atoms with Crippen molar-refractivity contribution in [2.24, 2.45) is 5.41 Å². The van der Waals surface area contributed by atoms with Crippen LogP contribution in [0.25, 0.3) is 0 Å². The summed E-state index contributed by atoms with van der Waals surface area (Å²) in [6.07, 6.45) is 18.0. The predicted molar refractivity (Wildman–Crippen MR) is 107 cm³/mol. The molecule has 0 amide bonds. The summed E-state index contributed by atoms with van der Waals surface area (Å²) in [5, 5.41) is 0. The van der Waals surface area contributed by atoms with Crippen LogP contribution in [0.2, 0.25) is 0 Å². The molecule has 4 N–H and O–H groups in total. The number of halogens is 1. The van der Waals surface area contributed by atoms with Gasteiger partial charge in [-0.3, -0.25) is 4.79 Å². The Morgan fingerprint density at radius 3 is 1.52 bits per heavy atom. The first-order chi connectivity index (χ1) is 11.0. The Balaban J connectivity index is -0.00000242. The highest BCUT2D eigenvalue weighted by Crippen LogP contribution is 2.24. The molecule has 154 valence electrons. The molecule has 0 fully saturated rings. The standard InChI is InChI=1S/C21H42O2.ClH.H3N/c1-5-7-8-9-10-11-12-13-14-15-16-17-19-23-20(22)21(3,4)18-6-2;;/h5-19H2,1-4H3;1H;1H3. The molecule has 0 saturated heterocycles. The lowest BCUT2D eigenvalue weighted by molar-refractivity contribution is -0.154. The molecule has 4 heteroatoms. The van der Waals surface area contributed by atoms with Gasteiger partial charge in [-0.05, 0) is 26.7 Å². The lowest BCUT2D eigenvalue weighted by atomic mass is 9.88. The SMILES string of the molecule is CCCCCCCCCCCCCCOC(=O)C(C)(C)CCC.[Cl-].[NH4+]. The van der Waals surface area contributed by atoms with E-state index < -0.39 is 0 Å². The smallest absolute Gasteiger partial charge is 0.311 e. The Morgan fingerprint density at radius 1 is 0.720 bits per heavy atom. The molecule has 0 aliphatic rings. The van der Waals surface area contributed by atoms with E-state index in [4.69, 9.17) is 4.74 Å². The van der Waals surface area contributed by atoms with Crippen LogP contribution in [0.5, 0.6) is 0 Å². The minimum absolute atomic E-state index is 0. The van der Waals surface area contributed by atoms with Crippen molar-refractivity contribution in [3.8, 4) is 0 Å². The van der Waals surface area contributed by atoms with E-state index >= 15 is 0 Å². The number of ether oxygens (including phenoxy) is 1. The van der Waals surface area contributed by atoms with Gasteiger partial charge in [0.05, 0.1) is 12.0 Å². The van der Waals surface area contributed by atoms with Gasteiger partial charge >= 0.3 is 5.97 Å². The quantitative estimate of drug-likeness (QED) is 0.318. The number of quaternary nitrogens is 1. The van der Waals surface area contributed by atoms with Crippen molar-refractivity contribution in [3.63, 3.8) is 0 Å². The summed E-state index contributed by atoms with van der Waals surface area (Å²) in [7, 11) is 0. The van der Waals surface area contributed by atoms with Crippen LogP contribution >= 0.6 is 0 Å². The lowest BCUT2D eigenvalue weighted by Gasteiger charge is -2.21. The maximum atomic E-state index is 11.9. The van der Waals surface area contributed by atoms with Gasteiger partial charge in [0.1, 0.15) is 0 Å². The molecule has 0 heterocycles. The van der Waals surface area contributed by atoms with Crippen LogP contribution in [-0.4, -0.2) is 12.6 Å². The minimum Gasteiger partial charge on any atom is -1.00 e. The molecule has 0 aromatic heterocycles. The fourth-order valence-electron chi connectivity index (χ4n) is 3.03. The third kappa shape index (κ3) is 18.3. The summed E-state index contributed by atoms with van der Waals surface area (Å²) in [4.78, 5) is 11.9. The summed E-state index contributed by atoms with van der Waals surface area (Å²) in [6, 6.07) is 0. The van der Waals surface area contributed by atoms with Crippen molar-refractivity contribution in [2.45, 2.75) is 118 Å². The molecule has 0 aliphatic carbocycles. The zero-order chi connectivity index (χ0) is 17.4. The topological polar surface area (TPSA) is 62.8 Å². The lowest BCUT2D eigenvalue weighted by Crippen LogP contribution is -3.00. The maximum Gasteiger partial charge on any atom is 0.311 e. The fraction of sp³-hybridized carbons (Fsp3) is 0.952. The third-order valence-electron chi connectivity index (χ3n) is 4.66. The second-order valence-electron chi connectivity index (χ2n) is 7.66. The number of hydrogen-bond acceptors (Lipinski definition) is 2. The average Bonchev–Trinajstić information content (AvgIpc) is 2.51. The van der Waals surface area contributed by atoms with Gasteiger partial charge in [0.15, 0.2) is 0 Å². The van der Waals surface area contributed by atoms with Crippen molar-refractivity contribution >= 4 is 5.97 Å². The van der Waals surface area contributed by atoms with Crippen LogP contribution in [0, 0.1) is 5.41 Å². The normalized spacial score (nSPS) is 10.7. The van der Waals surface area contributed by atoms with E-state index in [1.54, 1.807) is 0 Å². The number of esters is 1. The van der Waals surface area contributed by atoms with Crippen LogP contribution in [0.4, 0.5) is 0 Å². The molecule has 0 saturated carbocycles. The zero-order valence-corrected chi connectivity index (χ0v) is 18.6. The molecule has 0 bridgehead atoms. The summed E-state index contributed by atoms with van der Waals surface area (Å²) in [5.41, 5.74) is -0.314. The van der Waals surface area contributed by atoms with Crippen LogP contribution in [0.15, 0.2) is 0 Å². The second-order valence-corrected chi connectivity index (χ2v) is 7.66. The highest BCUT2D eigenvalue weighted by atomic mass is 35.5. The monoisotopic (exact) mass is 379 g/mol. The van der Waals surface area contributed by atoms with Crippen LogP contribution in [0.1, 0.15) is 118 Å². The number of hydrogen-bond donors (Lipinski definition) is 1. The van der Waals surface area contributed by atoms with Gasteiger partial charge in [-0.2, -0.15) is 0 Å². The van der Waals surface area contributed by atoms with Gasteiger partial charge in [0.25, 0.3) is 0 Å². The van der Waals surface area contributed by atoms with E-state index in [2.05, 4.69) is 13.8 Å². The Bertz CT molecular complexity index is 283. The highest BCUT2D eigenvalue weighted by Gasteiger charge is 2.27. The predicted octanol–water partition coefficient (Wildman–Crippen LogP) is 4.44. The van der Waals surface area contributed by atoms with Crippen LogP contribution < -0.4 is 18.6 Å². The van der Waals surface area contributed by atoms with Crippen molar-refractivity contribution in [1.29, 1.82) is 0 Å². The van der Waals surface area contributed by atoms with E-state index in [0.717, 1.165) is 19.3 Å². The minimum atomic E-state index is -0.314. The Kier molecular flexibility index (Phi) is 23.6. The Hall–Kier alpha value is -0.280. The van der Waals surface area contributed by atoms with Gasteiger partial charge < -0.3 is 23.3 Å². The van der Waals surface area contributed by atoms with E-state index in [-0.39, 0.29) is 29.9 Å². The second kappa shape index (κ2) is 20.0. The molecule has 0 radical (unpaired) electrons. The molecule has 0 aromatic rings. The van der Waals surface area contributed by atoms with Gasteiger partial charge in [-0.1, -0.05) is 90.9 Å². The number of carbonyl (C=O) groups is 1. The van der Waals surface area contributed by atoms with Crippen molar-refractivity contribution in [1.82, 2.24) is 6.15 Å². The van der Waals surface area contributed by atoms with Gasteiger partial charge in [0, 0.05) is 0 Å². The van der Waals surface area contributed by atoms with Gasteiger partial charge in [0.2, 0.25) is 0 Å². The molecule has 0 unspecified atom stereocenters. The van der Waals surface area contributed by atoms with Gasteiger partial charge in [-0.25, -0.2) is 0 Å². The summed E-state index contributed by atoms with van der Waals surface area (Å²) in [6.45, 7) is 8.96. The average molecular weight is 380 g/mol. The molecule has 0 spiro atoms. The summed E-state index contributed by atoms with van der Waals surface area (Å²) < 4.78 is 5.41. The van der Waals surface area contributed by atoms with Crippen molar-refractivity contribution < 1.29 is 21.9 Å². The molecular formula is C21H46ClNO2. The van der Waals surface area contributed by atoms with Crippen LogP contribution in [-0.2, 0) is 9.53 Å². The summed E-state index contributed by atoms with van der Waals surface area (Å²) in [5.74, 6) is -0.0255. The van der Waals surface area contributed by atoms with Crippen molar-refractivity contribution in [3.05, 3.63) is 0 Å². The van der Waals surface area contributed by atoms with E-state index in [1.165, 1.54) is 70.6 Å². The Labute approximate surface area is 164 Å². The first-order valence-corrected chi connectivity index (χ1v) is 10.2. The number of carbonyl (C=O) groups excluding carboxylic acids is 1. The molecule has 0 rings (SSSR count). The van der Waals surface area contributed by atoms with E-state index in [1.807, 2.05) is 13.8 Å². The van der Waals surface area contributed by atoms with Gasteiger partial charge in [-0.15, -0.1) is 0 Å². The largest absolute Gasteiger partial charge is 1.00 e. The fourth-order valence-corrected chi connectivity index (χ4v) is 3.03. The molecule has 25 heavy (non-hydrogen) atoms. The molecule has 0 aromatic carbocycles. The van der Waals surface area contributed by atoms with E-state index in [0.29, 0.717) is 6.61 Å². The van der Waals surface area contributed by atoms with E-state index in [9.17, 15) is 4.79 Å². The van der Waals surface area contributed by atoms with Crippen molar-refractivity contribution in [2.75, 3.05) is 6.61 Å².